The van der Waals surface area contributed by atoms with Crippen LogP contribution in [-0.2, 0) is 16.6 Å². The zero-order valence-corrected chi connectivity index (χ0v) is 12.5. The summed E-state index contributed by atoms with van der Waals surface area (Å²) in [6.07, 6.45) is 3.36. The van der Waals surface area contributed by atoms with Crippen molar-refractivity contribution in [3.05, 3.63) is 52.3 Å². The third-order valence-electron chi connectivity index (χ3n) is 2.61. The largest absolute Gasteiger partial charge is 0.478 e. The van der Waals surface area contributed by atoms with Gasteiger partial charge >= 0.3 is 5.97 Å². The summed E-state index contributed by atoms with van der Waals surface area (Å²) in [5.74, 6) is -1.19. The van der Waals surface area contributed by atoms with Gasteiger partial charge in [-0.1, -0.05) is 0 Å². The molecular formula is C12H11BrN2O4S. The molecule has 0 radical (unpaired) electrons. The Bertz CT molecular complexity index is 726. The summed E-state index contributed by atoms with van der Waals surface area (Å²) < 4.78 is 26.9. The number of aromatic amines is 1. The summed E-state index contributed by atoms with van der Waals surface area (Å²) in [6, 6.07) is 5.60. The number of sulfonamides is 1. The Kier molecular flexibility index (Phi) is 4.26. The van der Waals surface area contributed by atoms with Crippen molar-refractivity contribution in [3.63, 3.8) is 0 Å². The van der Waals surface area contributed by atoms with Gasteiger partial charge in [0.15, 0.2) is 0 Å². The number of benzene rings is 1. The second kappa shape index (κ2) is 5.78. The number of rotatable bonds is 5. The number of carboxylic acid groups (broad SMARTS) is 1. The maximum absolute atomic E-state index is 12.1. The fourth-order valence-corrected chi connectivity index (χ4v) is 3.03. The van der Waals surface area contributed by atoms with E-state index < -0.39 is 16.0 Å². The molecule has 0 saturated carbocycles. The Morgan fingerprint density at radius 1 is 1.35 bits per heavy atom. The van der Waals surface area contributed by atoms with Gasteiger partial charge in [0, 0.05) is 23.4 Å². The molecule has 0 saturated heterocycles. The third kappa shape index (κ3) is 3.27. The van der Waals surface area contributed by atoms with E-state index in [-0.39, 0.29) is 17.0 Å². The molecule has 2 aromatic rings. The predicted molar refractivity (Wildman–Crippen MR) is 75.9 cm³/mol. The number of nitrogens with one attached hydrogen (secondary N) is 2. The molecule has 3 N–H and O–H groups in total. The highest BCUT2D eigenvalue weighted by Crippen LogP contribution is 2.21. The predicted octanol–water partition coefficient (Wildman–Crippen LogP) is 1.95. The molecule has 0 unspecified atom stereocenters. The van der Waals surface area contributed by atoms with Gasteiger partial charge in [-0.05, 0) is 45.8 Å². The SMILES string of the molecule is O=C(O)c1cc(S(=O)(=O)NCc2cc[nH]c2)ccc1Br. The first-order valence-corrected chi connectivity index (χ1v) is 7.82. The molecular weight excluding hydrogens is 348 g/mol. The number of aromatic nitrogens is 1. The van der Waals surface area contributed by atoms with E-state index >= 15 is 0 Å². The van der Waals surface area contributed by atoms with Gasteiger partial charge in [-0.3, -0.25) is 0 Å². The number of hydrogen-bond acceptors (Lipinski definition) is 3. The number of halogens is 1. The Labute approximate surface area is 124 Å². The lowest BCUT2D eigenvalue weighted by atomic mass is 10.2. The van der Waals surface area contributed by atoms with E-state index in [4.69, 9.17) is 5.11 Å². The quantitative estimate of drug-likeness (QED) is 0.760. The van der Waals surface area contributed by atoms with Gasteiger partial charge in [0.2, 0.25) is 10.0 Å². The van der Waals surface area contributed by atoms with Crippen molar-refractivity contribution in [2.24, 2.45) is 0 Å². The minimum Gasteiger partial charge on any atom is -0.478 e. The number of hydrogen-bond donors (Lipinski definition) is 3. The lowest BCUT2D eigenvalue weighted by Gasteiger charge is -2.07. The number of carboxylic acids is 1. The average molecular weight is 359 g/mol. The first-order chi connectivity index (χ1) is 9.40. The Hall–Kier alpha value is -1.64. The first-order valence-electron chi connectivity index (χ1n) is 5.54. The summed E-state index contributed by atoms with van der Waals surface area (Å²) in [5.41, 5.74) is 0.679. The van der Waals surface area contributed by atoms with Crippen LogP contribution in [0.25, 0.3) is 0 Å². The molecule has 106 valence electrons. The molecule has 1 heterocycles. The standard InChI is InChI=1S/C12H11BrN2O4S/c13-11-2-1-9(5-10(11)12(16)17)20(18,19)15-7-8-3-4-14-6-8/h1-6,14-15H,7H2,(H,16,17). The van der Waals surface area contributed by atoms with Crippen LogP contribution >= 0.6 is 15.9 Å². The van der Waals surface area contributed by atoms with Gasteiger partial charge in [-0.25, -0.2) is 17.9 Å². The van der Waals surface area contributed by atoms with E-state index in [1.807, 2.05) is 0 Å². The molecule has 20 heavy (non-hydrogen) atoms. The molecule has 0 spiro atoms. The molecule has 0 atom stereocenters. The topological polar surface area (TPSA) is 99.3 Å². The van der Waals surface area contributed by atoms with Crippen molar-refractivity contribution < 1.29 is 18.3 Å². The highest BCUT2D eigenvalue weighted by atomic mass is 79.9. The van der Waals surface area contributed by atoms with Crippen molar-refractivity contribution in [3.8, 4) is 0 Å². The Morgan fingerprint density at radius 2 is 2.10 bits per heavy atom. The van der Waals surface area contributed by atoms with Crippen molar-refractivity contribution in [1.82, 2.24) is 9.71 Å². The molecule has 1 aromatic heterocycles. The first kappa shape index (κ1) is 14.8. The van der Waals surface area contributed by atoms with Crippen molar-refractivity contribution >= 4 is 31.9 Å². The van der Waals surface area contributed by atoms with Crippen molar-refractivity contribution in [2.45, 2.75) is 11.4 Å². The monoisotopic (exact) mass is 358 g/mol. The molecule has 0 bridgehead atoms. The lowest BCUT2D eigenvalue weighted by Crippen LogP contribution is -2.23. The van der Waals surface area contributed by atoms with Crippen LogP contribution in [0.1, 0.15) is 15.9 Å². The molecule has 0 fully saturated rings. The molecule has 6 nitrogen and oxygen atoms in total. The number of aromatic carboxylic acids is 1. The van der Waals surface area contributed by atoms with E-state index in [2.05, 4.69) is 25.6 Å². The van der Waals surface area contributed by atoms with Crippen LogP contribution < -0.4 is 4.72 Å². The average Bonchev–Trinajstić information content (AvgIpc) is 2.89. The zero-order chi connectivity index (χ0) is 14.8. The Morgan fingerprint density at radius 3 is 2.70 bits per heavy atom. The summed E-state index contributed by atoms with van der Waals surface area (Å²) in [6.45, 7) is 0.129. The van der Waals surface area contributed by atoms with E-state index in [1.54, 1.807) is 18.5 Å². The minimum atomic E-state index is -3.76. The van der Waals surface area contributed by atoms with Crippen molar-refractivity contribution in [1.29, 1.82) is 0 Å². The minimum absolute atomic E-state index is 0.0892. The summed E-state index contributed by atoms with van der Waals surface area (Å²) in [7, 11) is -3.76. The second-order valence-electron chi connectivity index (χ2n) is 3.99. The number of carbonyl (C=O) groups is 1. The van der Waals surface area contributed by atoms with Gasteiger partial charge in [-0.15, -0.1) is 0 Å². The third-order valence-corrected chi connectivity index (χ3v) is 4.70. The van der Waals surface area contributed by atoms with Crippen LogP contribution in [0.2, 0.25) is 0 Å². The van der Waals surface area contributed by atoms with E-state index in [0.29, 0.717) is 4.47 Å². The summed E-state index contributed by atoms with van der Waals surface area (Å²) in [5, 5.41) is 8.99. The van der Waals surface area contributed by atoms with E-state index in [9.17, 15) is 13.2 Å². The Balaban J connectivity index is 2.25. The zero-order valence-electron chi connectivity index (χ0n) is 10.1. The highest BCUT2D eigenvalue weighted by Gasteiger charge is 2.18. The fourth-order valence-electron chi connectivity index (χ4n) is 1.57. The van der Waals surface area contributed by atoms with Gasteiger partial charge in [0.05, 0.1) is 10.5 Å². The summed E-state index contributed by atoms with van der Waals surface area (Å²) in [4.78, 5) is 13.7. The van der Waals surface area contributed by atoms with Crippen LogP contribution in [-0.4, -0.2) is 24.5 Å². The number of H-pyrrole nitrogens is 1. The molecule has 0 aliphatic heterocycles. The van der Waals surface area contributed by atoms with Crippen LogP contribution in [0.3, 0.4) is 0 Å². The van der Waals surface area contributed by atoms with Crippen LogP contribution in [0.5, 0.6) is 0 Å². The normalized spacial score (nSPS) is 11.4. The lowest BCUT2D eigenvalue weighted by molar-refractivity contribution is 0.0695. The van der Waals surface area contributed by atoms with E-state index in [0.717, 1.165) is 11.6 Å². The smallest absolute Gasteiger partial charge is 0.336 e. The van der Waals surface area contributed by atoms with Crippen molar-refractivity contribution in [2.75, 3.05) is 0 Å². The van der Waals surface area contributed by atoms with E-state index in [1.165, 1.54) is 12.1 Å². The highest BCUT2D eigenvalue weighted by molar-refractivity contribution is 9.10. The van der Waals surface area contributed by atoms with Gasteiger partial charge in [0.25, 0.3) is 0 Å². The fraction of sp³-hybridized carbons (Fsp3) is 0.0833. The maximum atomic E-state index is 12.1. The molecule has 0 aliphatic rings. The van der Waals surface area contributed by atoms with Gasteiger partial charge in [0.1, 0.15) is 0 Å². The maximum Gasteiger partial charge on any atom is 0.336 e. The second-order valence-corrected chi connectivity index (χ2v) is 6.61. The summed E-state index contributed by atoms with van der Waals surface area (Å²) >= 11 is 3.07. The van der Waals surface area contributed by atoms with Crippen LogP contribution in [0.15, 0.2) is 46.0 Å². The van der Waals surface area contributed by atoms with Gasteiger partial charge in [-0.2, -0.15) is 0 Å². The van der Waals surface area contributed by atoms with Crippen LogP contribution in [0, 0.1) is 0 Å². The van der Waals surface area contributed by atoms with Crippen LogP contribution in [0.4, 0.5) is 0 Å². The molecule has 2 rings (SSSR count). The molecule has 0 aliphatic carbocycles. The molecule has 0 amide bonds. The molecule has 8 heteroatoms. The van der Waals surface area contributed by atoms with Gasteiger partial charge < -0.3 is 10.1 Å². The molecule has 1 aromatic carbocycles.